The van der Waals surface area contributed by atoms with Gasteiger partial charge in [-0.15, -0.1) is 0 Å². The quantitative estimate of drug-likeness (QED) is 0.726. The summed E-state index contributed by atoms with van der Waals surface area (Å²) < 4.78 is 10.6. The van der Waals surface area contributed by atoms with E-state index in [0.29, 0.717) is 0 Å². The number of methoxy groups -OCH3 is 1. The molecule has 7 heteroatoms. The molecule has 0 saturated carbocycles. The van der Waals surface area contributed by atoms with Gasteiger partial charge in [0.2, 0.25) is 5.75 Å². The van der Waals surface area contributed by atoms with Crippen molar-refractivity contribution < 1.29 is 19.1 Å². The molecule has 104 valence electrons. The van der Waals surface area contributed by atoms with Crippen molar-refractivity contribution in [2.75, 3.05) is 7.11 Å². The highest BCUT2D eigenvalue weighted by Gasteiger charge is 2.28. The molecule has 1 rings (SSSR count). The van der Waals surface area contributed by atoms with E-state index >= 15 is 0 Å². The maximum Gasteiger partial charge on any atom is 0.360 e. The largest absolute Gasteiger partial charge is 0.464 e. The third kappa shape index (κ3) is 3.18. The van der Waals surface area contributed by atoms with E-state index < -0.39 is 28.7 Å². The Bertz CT molecular complexity index is 568. The van der Waals surface area contributed by atoms with Crippen LogP contribution in [0.4, 0.5) is 0 Å². The van der Waals surface area contributed by atoms with Gasteiger partial charge in [-0.2, -0.15) is 0 Å². The summed E-state index contributed by atoms with van der Waals surface area (Å²) >= 11 is 0. The van der Waals surface area contributed by atoms with Crippen molar-refractivity contribution in [3.05, 3.63) is 22.4 Å². The lowest BCUT2D eigenvalue weighted by atomic mass is 9.97. The molecule has 1 heterocycles. The second kappa shape index (κ2) is 5.21. The number of hydrogen-bond acceptors (Lipinski definition) is 6. The fraction of sp³-hybridized carbons (Fsp3) is 0.500. The van der Waals surface area contributed by atoms with Crippen molar-refractivity contribution in [1.82, 2.24) is 9.55 Å². The number of carbonyl (C=O) groups is 2. The molecule has 0 saturated heterocycles. The van der Waals surface area contributed by atoms with E-state index in [2.05, 4.69) is 9.72 Å². The van der Waals surface area contributed by atoms with Crippen molar-refractivity contribution in [1.29, 1.82) is 0 Å². The molecule has 0 aromatic carbocycles. The molecule has 0 radical (unpaired) electrons. The molecular formula is C12H16N2O5. The number of hydrogen-bond donors (Lipinski definition) is 0. The highest BCUT2D eigenvalue weighted by Crippen LogP contribution is 2.19. The maximum atomic E-state index is 11.9. The number of aromatic nitrogens is 2. The molecule has 0 aliphatic carbocycles. The van der Waals surface area contributed by atoms with E-state index in [1.807, 2.05) is 0 Å². The van der Waals surface area contributed by atoms with Crippen LogP contribution in [0, 0.1) is 5.41 Å². The van der Waals surface area contributed by atoms with Crippen molar-refractivity contribution in [3.63, 3.8) is 0 Å². The van der Waals surface area contributed by atoms with Gasteiger partial charge in [0.05, 0.1) is 18.9 Å². The van der Waals surface area contributed by atoms with Gasteiger partial charge in [-0.25, -0.2) is 9.78 Å². The van der Waals surface area contributed by atoms with Gasteiger partial charge in [0.15, 0.2) is 5.69 Å². The van der Waals surface area contributed by atoms with Gasteiger partial charge in [-0.1, -0.05) is 0 Å². The third-order valence-corrected chi connectivity index (χ3v) is 2.28. The van der Waals surface area contributed by atoms with E-state index in [4.69, 9.17) is 4.74 Å². The molecule has 0 spiro atoms. The van der Waals surface area contributed by atoms with Gasteiger partial charge in [-0.05, 0) is 20.8 Å². The van der Waals surface area contributed by atoms with E-state index in [0.717, 1.165) is 18.0 Å². The van der Waals surface area contributed by atoms with E-state index in [-0.39, 0.29) is 5.69 Å². The minimum Gasteiger partial charge on any atom is -0.464 e. The Balaban J connectivity index is 3.32. The minimum absolute atomic E-state index is 0.316. The second-order valence-corrected chi connectivity index (χ2v) is 4.97. The average molecular weight is 268 g/mol. The standard InChI is InChI=1S/C12H16N2O5/c1-12(2,3)11(17)19-8-7(10(16)18-5)13-6-14(4)9(8)15/h6H,1-5H3. The Morgan fingerprint density at radius 1 is 1.32 bits per heavy atom. The van der Waals surface area contributed by atoms with E-state index in [1.54, 1.807) is 20.8 Å². The van der Waals surface area contributed by atoms with Crippen LogP contribution in [-0.2, 0) is 16.6 Å². The predicted octanol–water partition coefficient (Wildman–Crippen LogP) is 0.518. The van der Waals surface area contributed by atoms with Crippen molar-refractivity contribution in [3.8, 4) is 5.75 Å². The van der Waals surface area contributed by atoms with Gasteiger partial charge in [-0.3, -0.25) is 14.2 Å². The van der Waals surface area contributed by atoms with Crippen LogP contribution in [-0.4, -0.2) is 28.6 Å². The topological polar surface area (TPSA) is 87.5 Å². The van der Waals surface area contributed by atoms with Gasteiger partial charge < -0.3 is 9.47 Å². The molecule has 19 heavy (non-hydrogen) atoms. The number of esters is 2. The molecule has 0 bridgehead atoms. The van der Waals surface area contributed by atoms with Crippen molar-refractivity contribution in [2.24, 2.45) is 12.5 Å². The summed E-state index contributed by atoms with van der Waals surface area (Å²) in [6.45, 7) is 4.90. The van der Waals surface area contributed by atoms with Crippen LogP contribution in [0.1, 0.15) is 31.3 Å². The summed E-state index contributed by atoms with van der Waals surface area (Å²) in [7, 11) is 2.58. The van der Waals surface area contributed by atoms with Crippen LogP contribution in [0.5, 0.6) is 5.75 Å². The van der Waals surface area contributed by atoms with Crippen molar-refractivity contribution >= 4 is 11.9 Å². The molecule has 0 atom stereocenters. The molecule has 1 aromatic heterocycles. The first-order valence-electron chi connectivity index (χ1n) is 5.54. The monoisotopic (exact) mass is 268 g/mol. The summed E-state index contributed by atoms with van der Waals surface area (Å²) in [5.41, 5.74) is -1.76. The van der Waals surface area contributed by atoms with E-state index in [1.165, 1.54) is 7.05 Å². The molecule has 0 amide bonds. The molecule has 7 nitrogen and oxygen atoms in total. The normalized spacial score (nSPS) is 11.0. The molecule has 0 unspecified atom stereocenters. The smallest absolute Gasteiger partial charge is 0.360 e. The Labute approximate surface area is 110 Å². The van der Waals surface area contributed by atoms with Crippen LogP contribution >= 0.6 is 0 Å². The first kappa shape index (κ1) is 14.9. The summed E-state index contributed by atoms with van der Waals surface area (Å²) in [5, 5.41) is 0. The number of nitrogens with zero attached hydrogens (tertiary/aromatic N) is 2. The zero-order valence-corrected chi connectivity index (χ0v) is 11.5. The molecule has 0 aliphatic rings. The summed E-state index contributed by atoms with van der Waals surface area (Å²) in [6, 6.07) is 0. The van der Waals surface area contributed by atoms with E-state index in [9.17, 15) is 14.4 Å². The summed E-state index contributed by atoms with van der Waals surface area (Å²) in [6.07, 6.45) is 1.16. The molecule has 0 N–H and O–H groups in total. The number of carbonyl (C=O) groups excluding carboxylic acids is 2. The lowest BCUT2D eigenvalue weighted by molar-refractivity contribution is -0.143. The van der Waals surface area contributed by atoms with Crippen LogP contribution in [0.3, 0.4) is 0 Å². The first-order chi connectivity index (χ1) is 8.68. The lowest BCUT2D eigenvalue weighted by Crippen LogP contribution is -2.31. The summed E-state index contributed by atoms with van der Waals surface area (Å²) in [4.78, 5) is 39.0. The van der Waals surface area contributed by atoms with Crippen molar-refractivity contribution in [2.45, 2.75) is 20.8 Å². The molecule has 1 aromatic rings. The fourth-order valence-corrected chi connectivity index (χ4v) is 1.10. The molecule has 0 aliphatic heterocycles. The first-order valence-corrected chi connectivity index (χ1v) is 5.54. The third-order valence-electron chi connectivity index (χ3n) is 2.28. The number of aryl methyl sites for hydroxylation is 1. The number of rotatable bonds is 2. The van der Waals surface area contributed by atoms with Gasteiger partial charge in [0.25, 0.3) is 5.56 Å². The SMILES string of the molecule is COC(=O)c1ncn(C)c(=O)c1OC(=O)C(C)(C)C. The maximum absolute atomic E-state index is 11.9. The highest BCUT2D eigenvalue weighted by atomic mass is 16.5. The van der Waals surface area contributed by atoms with Gasteiger partial charge >= 0.3 is 11.9 Å². The Hall–Kier alpha value is -2.18. The van der Waals surface area contributed by atoms with Crippen LogP contribution in [0.15, 0.2) is 11.1 Å². The fourth-order valence-electron chi connectivity index (χ4n) is 1.10. The zero-order valence-electron chi connectivity index (χ0n) is 11.5. The predicted molar refractivity (Wildman–Crippen MR) is 65.9 cm³/mol. The molecular weight excluding hydrogens is 252 g/mol. The van der Waals surface area contributed by atoms with Crippen LogP contribution in [0.2, 0.25) is 0 Å². The second-order valence-electron chi connectivity index (χ2n) is 4.97. The minimum atomic E-state index is -0.839. The van der Waals surface area contributed by atoms with Gasteiger partial charge in [0, 0.05) is 7.05 Å². The Kier molecular flexibility index (Phi) is 4.08. The average Bonchev–Trinajstić information content (AvgIpc) is 2.33. The Morgan fingerprint density at radius 2 is 1.89 bits per heavy atom. The zero-order chi connectivity index (χ0) is 14.8. The van der Waals surface area contributed by atoms with Crippen LogP contribution < -0.4 is 10.3 Å². The highest BCUT2D eigenvalue weighted by molar-refractivity contribution is 5.91. The summed E-state index contributed by atoms with van der Waals surface area (Å²) in [5.74, 6) is -1.89. The lowest BCUT2D eigenvalue weighted by Gasteiger charge is -2.17. The Morgan fingerprint density at radius 3 is 2.37 bits per heavy atom. The molecule has 0 fully saturated rings. The number of ether oxygens (including phenoxy) is 2. The van der Waals surface area contributed by atoms with Crippen LogP contribution in [0.25, 0.3) is 0 Å². The van der Waals surface area contributed by atoms with Gasteiger partial charge in [0.1, 0.15) is 0 Å².